The molecule has 1 N–H and O–H groups in total. The zero-order valence-electron chi connectivity index (χ0n) is 15.9. The second-order valence-corrected chi connectivity index (χ2v) is 7.80. The van der Waals surface area contributed by atoms with Crippen molar-refractivity contribution in [2.24, 2.45) is 5.92 Å². The number of anilines is 1. The molecule has 2 fully saturated rings. The number of esters is 1. The van der Waals surface area contributed by atoms with Gasteiger partial charge in [-0.05, 0) is 43.7 Å². The van der Waals surface area contributed by atoms with Crippen LogP contribution >= 0.6 is 0 Å². The van der Waals surface area contributed by atoms with Crippen LogP contribution in [-0.4, -0.2) is 48.0 Å². The number of rotatable bonds is 4. The fraction of sp³-hybridized carbons (Fsp3) is 0.571. The van der Waals surface area contributed by atoms with E-state index in [-0.39, 0.29) is 30.9 Å². The fourth-order valence-electron chi connectivity index (χ4n) is 4.60. The van der Waals surface area contributed by atoms with E-state index in [0.29, 0.717) is 17.4 Å². The summed E-state index contributed by atoms with van der Waals surface area (Å²) in [6.45, 7) is 0.468. The molecule has 2 amide bonds. The van der Waals surface area contributed by atoms with Crippen LogP contribution in [0.3, 0.4) is 0 Å². The van der Waals surface area contributed by atoms with Crippen molar-refractivity contribution in [1.82, 2.24) is 4.90 Å². The van der Waals surface area contributed by atoms with Crippen LogP contribution in [0.25, 0.3) is 0 Å². The minimum Gasteiger partial charge on any atom is -0.478 e. The van der Waals surface area contributed by atoms with Gasteiger partial charge in [0, 0.05) is 12.6 Å². The zero-order valence-corrected chi connectivity index (χ0v) is 15.9. The fourth-order valence-corrected chi connectivity index (χ4v) is 4.60. The Labute approximate surface area is 164 Å². The van der Waals surface area contributed by atoms with Gasteiger partial charge >= 0.3 is 5.97 Å². The Morgan fingerprint density at radius 2 is 1.93 bits per heavy atom. The number of fused-ring (bicyclic) bond motifs is 2. The second kappa shape index (κ2) is 8.20. The number of piperidine rings is 1. The molecule has 1 aromatic carbocycles. The van der Waals surface area contributed by atoms with Crippen LogP contribution in [0, 0.1) is 5.92 Å². The van der Waals surface area contributed by atoms with Gasteiger partial charge in [0.1, 0.15) is 5.75 Å². The Hall–Kier alpha value is -2.57. The summed E-state index contributed by atoms with van der Waals surface area (Å²) in [6.07, 6.45) is 5.64. The molecule has 4 rings (SSSR count). The van der Waals surface area contributed by atoms with Crippen LogP contribution in [-0.2, 0) is 19.1 Å². The third-order valence-corrected chi connectivity index (χ3v) is 5.98. The highest BCUT2D eigenvalue weighted by atomic mass is 16.5. The smallest absolute Gasteiger partial charge is 0.310 e. The third kappa shape index (κ3) is 3.98. The number of carbonyl (C=O) groups is 3. The molecule has 1 saturated heterocycles. The monoisotopic (exact) mass is 386 g/mol. The minimum atomic E-state index is -0.949. The number of benzene rings is 1. The summed E-state index contributed by atoms with van der Waals surface area (Å²) >= 11 is 0. The highest BCUT2D eigenvalue weighted by Crippen LogP contribution is 2.35. The lowest BCUT2D eigenvalue weighted by Crippen LogP contribution is -2.51. The number of amides is 2. The first kappa shape index (κ1) is 18.8. The van der Waals surface area contributed by atoms with Gasteiger partial charge in [0.2, 0.25) is 0 Å². The van der Waals surface area contributed by atoms with Crippen molar-refractivity contribution in [3.05, 3.63) is 24.3 Å². The lowest BCUT2D eigenvalue weighted by atomic mass is 9.78. The van der Waals surface area contributed by atoms with E-state index in [1.54, 1.807) is 24.3 Å². The molecule has 7 nitrogen and oxygen atoms in total. The number of ether oxygens (including phenoxy) is 2. The van der Waals surface area contributed by atoms with Gasteiger partial charge in [0.25, 0.3) is 11.8 Å². The topological polar surface area (TPSA) is 84.9 Å². The molecule has 3 aliphatic rings. The standard InChI is InChI=1S/C21H26N2O5/c24-19(23-11-5-7-14-6-1-3-9-16(14)23)13-27-20(25)12-18-21(26)22-15-8-2-4-10-17(15)28-18/h2,4,8,10,14,16,18H,1,3,5-7,9,11-13H2,(H,22,26)/t14-,16-,18-/m0/s1. The van der Waals surface area contributed by atoms with Crippen molar-refractivity contribution >= 4 is 23.5 Å². The molecule has 3 atom stereocenters. The number of likely N-dealkylation sites (tertiary alicyclic amines) is 1. The quantitative estimate of drug-likeness (QED) is 0.804. The van der Waals surface area contributed by atoms with Gasteiger partial charge in [-0.25, -0.2) is 0 Å². The predicted octanol–water partition coefficient (Wildman–Crippen LogP) is 2.50. The molecule has 150 valence electrons. The van der Waals surface area contributed by atoms with Gasteiger partial charge in [-0.3, -0.25) is 14.4 Å². The number of carbonyl (C=O) groups excluding carboxylic acids is 3. The highest BCUT2D eigenvalue weighted by molar-refractivity contribution is 5.99. The summed E-state index contributed by atoms with van der Waals surface area (Å²) < 4.78 is 10.8. The SMILES string of the molecule is O=C(C[C@@H]1Oc2ccccc2NC1=O)OCC(=O)N1CCC[C@@H]2CCCC[C@@H]21. The van der Waals surface area contributed by atoms with Crippen molar-refractivity contribution in [2.45, 2.75) is 57.1 Å². The van der Waals surface area contributed by atoms with Gasteiger partial charge in [0.05, 0.1) is 12.1 Å². The Morgan fingerprint density at radius 1 is 1.14 bits per heavy atom. The molecule has 1 saturated carbocycles. The van der Waals surface area contributed by atoms with E-state index in [2.05, 4.69) is 5.32 Å². The molecule has 1 aromatic rings. The lowest BCUT2D eigenvalue weighted by Gasteiger charge is -2.44. The Kier molecular flexibility index (Phi) is 5.50. The van der Waals surface area contributed by atoms with Gasteiger partial charge < -0.3 is 19.7 Å². The Bertz CT molecular complexity index is 763. The van der Waals surface area contributed by atoms with Crippen LogP contribution in [0.1, 0.15) is 44.9 Å². The van der Waals surface area contributed by atoms with E-state index in [1.165, 1.54) is 19.3 Å². The Morgan fingerprint density at radius 3 is 2.82 bits per heavy atom. The zero-order chi connectivity index (χ0) is 19.5. The van der Waals surface area contributed by atoms with Crippen LogP contribution in [0.2, 0.25) is 0 Å². The molecule has 0 spiro atoms. The van der Waals surface area contributed by atoms with Gasteiger partial charge in [-0.15, -0.1) is 0 Å². The minimum absolute atomic E-state index is 0.135. The number of hydrogen-bond donors (Lipinski definition) is 1. The summed E-state index contributed by atoms with van der Waals surface area (Å²) in [7, 11) is 0. The van der Waals surface area contributed by atoms with E-state index in [1.807, 2.05) is 4.90 Å². The molecule has 2 aliphatic heterocycles. The molecular weight excluding hydrogens is 360 g/mol. The first-order chi connectivity index (χ1) is 13.6. The number of hydrogen-bond acceptors (Lipinski definition) is 5. The highest BCUT2D eigenvalue weighted by Gasteiger charge is 2.36. The van der Waals surface area contributed by atoms with Crippen LogP contribution in [0.5, 0.6) is 5.75 Å². The van der Waals surface area contributed by atoms with E-state index < -0.39 is 12.1 Å². The number of nitrogens with zero attached hydrogens (tertiary/aromatic N) is 1. The summed E-state index contributed by atoms with van der Waals surface area (Å²) in [5.74, 6) is -0.0216. The van der Waals surface area contributed by atoms with Crippen molar-refractivity contribution in [3.8, 4) is 5.75 Å². The van der Waals surface area contributed by atoms with E-state index in [9.17, 15) is 14.4 Å². The van der Waals surface area contributed by atoms with Crippen molar-refractivity contribution in [3.63, 3.8) is 0 Å². The maximum Gasteiger partial charge on any atom is 0.310 e. The van der Waals surface area contributed by atoms with E-state index in [0.717, 1.165) is 25.8 Å². The van der Waals surface area contributed by atoms with Gasteiger partial charge in [0.15, 0.2) is 12.7 Å². The predicted molar refractivity (Wildman–Crippen MR) is 102 cm³/mol. The van der Waals surface area contributed by atoms with Crippen LogP contribution in [0.15, 0.2) is 24.3 Å². The first-order valence-electron chi connectivity index (χ1n) is 10.1. The van der Waals surface area contributed by atoms with Crippen molar-refractivity contribution in [1.29, 1.82) is 0 Å². The number of para-hydroxylation sites is 2. The maximum absolute atomic E-state index is 12.6. The van der Waals surface area contributed by atoms with E-state index >= 15 is 0 Å². The molecular formula is C21H26N2O5. The van der Waals surface area contributed by atoms with Crippen LogP contribution < -0.4 is 10.1 Å². The average molecular weight is 386 g/mol. The molecule has 7 heteroatoms. The summed E-state index contributed by atoms with van der Waals surface area (Å²) in [5.41, 5.74) is 0.583. The first-order valence-corrected chi connectivity index (χ1v) is 10.1. The largest absolute Gasteiger partial charge is 0.478 e. The molecule has 0 bridgehead atoms. The maximum atomic E-state index is 12.6. The molecule has 28 heavy (non-hydrogen) atoms. The van der Waals surface area contributed by atoms with E-state index in [4.69, 9.17) is 9.47 Å². The molecule has 2 heterocycles. The van der Waals surface area contributed by atoms with Crippen molar-refractivity contribution in [2.75, 3.05) is 18.5 Å². The summed E-state index contributed by atoms with van der Waals surface area (Å²) in [6, 6.07) is 7.34. The molecule has 0 unspecified atom stereocenters. The molecule has 0 radical (unpaired) electrons. The average Bonchev–Trinajstić information content (AvgIpc) is 2.72. The van der Waals surface area contributed by atoms with Gasteiger partial charge in [-0.1, -0.05) is 25.0 Å². The summed E-state index contributed by atoms with van der Waals surface area (Å²) in [5, 5.41) is 2.72. The second-order valence-electron chi connectivity index (χ2n) is 7.80. The lowest BCUT2D eigenvalue weighted by molar-refractivity contribution is -0.156. The third-order valence-electron chi connectivity index (χ3n) is 5.98. The van der Waals surface area contributed by atoms with Crippen LogP contribution in [0.4, 0.5) is 5.69 Å². The normalized spacial score (nSPS) is 26.4. The summed E-state index contributed by atoms with van der Waals surface area (Å²) in [4.78, 5) is 38.8. The number of nitrogens with one attached hydrogen (secondary N) is 1. The van der Waals surface area contributed by atoms with Crippen molar-refractivity contribution < 1.29 is 23.9 Å². The molecule has 0 aromatic heterocycles. The van der Waals surface area contributed by atoms with Gasteiger partial charge in [-0.2, -0.15) is 0 Å². The molecule has 1 aliphatic carbocycles. The Balaban J connectivity index is 1.28.